The van der Waals surface area contributed by atoms with Crippen molar-refractivity contribution in [3.63, 3.8) is 0 Å². The average molecular weight is 275 g/mol. The number of hydrogen-bond donors (Lipinski definition) is 1. The first kappa shape index (κ1) is 15.0. The molecule has 2 rings (SSSR count). The molecule has 1 aromatic carbocycles. The summed E-state index contributed by atoms with van der Waals surface area (Å²) in [4.78, 5) is 16.6. The highest BCUT2D eigenvalue weighted by atomic mass is 16.2. The van der Waals surface area contributed by atoms with Crippen molar-refractivity contribution in [2.75, 3.05) is 24.5 Å². The molecule has 2 atom stereocenters. The van der Waals surface area contributed by atoms with Crippen molar-refractivity contribution >= 4 is 11.6 Å². The molecule has 0 spiro atoms. The number of carbonyl (C=O) groups excluding carboxylic acids is 1. The Morgan fingerprint density at radius 1 is 1.40 bits per heavy atom. The van der Waals surface area contributed by atoms with E-state index in [2.05, 4.69) is 11.8 Å². The van der Waals surface area contributed by atoms with E-state index in [1.807, 2.05) is 42.2 Å². The SMILES string of the molecule is CCN(C(=O)CN1CCC(N)CC1C)c1ccccc1. The molecule has 1 aromatic rings. The number of nitrogens with zero attached hydrogens (tertiary/aromatic N) is 2. The molecule has 0 radical (unpaired) electrons. The van der Waals surface area contributed by atoms with Crippen molar-refractivity contribution < 1.29 is 4.79 Å². The van der Waals surface area contributed by atoms with E-state index in [4.69, 9.17) is 5.73 Å². The molecule has 1 amide bonds. The van der Waals surface area contributed by atoms with Gasteiger partial charge in [-0.3, -0.25) is 9.69 Å². The predicted octanol–water partition coefficient (Wildman–Crippen LogP) is 1.85. The first-order valence-corrected chi connectivity index (χ1v) is 7.46. The highest BCUT2D eigenvalue weighted by Gasteiger charge is 2.26. The van der Waals surface area contributed by atoms with E-state index >= 15 is 0 Å². The summed E-state index contributed by atoms with van der Waals surface area (Å²) in [5.74, 6) is 0.168. The molecule has 1 saturated heterocycles. The molecule has 1 aliphatic heterocycles. The summed E-state index contributed by atoms with van der Waals surface area (Å²) >= 11 is 0. The first-order chi connectivity index (χ1) is 9.61. The lowest BCUT2D eigenvalue weighted by atomic mass is 9.99. The number of benzene rings is 1. The fourth-order valence-electron chi connectivity index (χ4n) is 2.86. The van der Waals surface area contributed by atoms with Gasteiger partial charge in [0, 0.05) is 30.9 Å². The molecule has 0 bridgehead atoms. The number of piperidine rings is 1. The van der Waals surface area contributed by atoms with Crippen LogP contribution < -0.4 is 10.6 Å². The molecule has 1 aliphatic rings. The molecule has 0 saturated carbocycles. The quantitative estimate of drug-likeness (QED) is 0.912. The maximum absolute atomic E-state index is 12.5. The zero-order valence-corrected chi connectivity index (χ0v) is 12.5. The summed E-state index contributed by atoms with van der Waals surface area (Å²) < 4.78 is 0. The Kier molecular flexibility index (Phi) is 5.15. The van der Waals surface area contributed by atoms with Crippen molar-refractivity contribution in [2.24, 2.45) is 5.73 Å². The van der Waals surface area contributed by atoms with Crippen LogP contribution in [0.25, 0.3) is 0 Å². The number of likely N-dealkylation sites (N-methyl/N-ethyl adjacent to an activating group) is 1. The largest absolute Gasteiger partial charge is 0.328 e. The van der Waals surface area contributed by atoms with E-state index in [9.17, 15) is 4.79 Å². The van der Waals surface area contributed by atoms with E-state index < -0.39 is 0 Å². The second-order valence-electron chi connectivity index (χ2n) is 5.58. The fraction of sp³-hybridized carbons (Fsp3) is 0.562. The molecule has 110 valence electrons. The predicted molar refractivity (Wildman–Crippen MR) is 82.7 cm³/mol. The van der Waals surface area contributed by atoms with Crippen molar-refractivity contribution in [3.8, 4) is 0 Å². The Labute approximate surface area is 121 Å². The van der Waals surface area contributed by atoms with Gasteiger partial charge < -0.3 is 10.6 Å². The zero-order chi connectivity index (χ0) is 14.5. The first-order valence-electron chi connectivity index (χ1n) is 7.46. The molecule has 1 fully saturated rings. The van der Waals surface area contributed by atoms with Gasteiger partial charge in [0.25, 0.3) is 0 Å². The van der Waals surface area contributed by atoms with Crippen LogP contribution in [0.5, 0.6) is 0 Å². The van der Waals surface area contributed by atoms with Crippen LogP contribution >= 0.6 is 0 Å². The number of amides is 1. The van der Waals surface area contributed by atoms with E-state index in [0.717, 1.165) is 25.1 Å². The van der Waals surface area contributed by atoms with Crippen LogP contribution in [-0.2, 0) is 4.79 Å². The molecule has 2 unspecified atom stereocenters. The average Bonchev–Trinajstić information content (AvgIpc) is 2.44. The Hall–Kier alpha value is -1.39. The van der Waals surface area contributed by atoms with E-state index in [0.29, 0.717) is 19.1 Å². The van der Waals surface area contributed by atoms with Crippen LogP contribution in [0.3, 0.4) is 0 Å². The van der Waals surface area contributed by atoms with Crippen molar-refractivity contribution in [1.29, 1.82) is 0 Å². The maximum Gasteiger partial charge on any atom is 0.241 e. The highest BCUT2D eigenvalue weighted by Crippen LogP contribution is 2.18. The normalized spacial score (nSPS) is 23.6. The van der Waals surface area contributed by atoms with Crippen LogP contribution in [-0.4, -0.2) is 42.5 Å². The third-order valence-corrected chi connectivity index (χ3v) is 4.08. The lowest BCUT2D eigenvalue weighted by Crippen LogP contribution is -2.50. The molecule has 4 heteroatoms. The molecule has 0 aliphatic carbocycles. The van der Waals surface area contributed by atoms with Crippen LogP contribution in [0.1, 0.15) is 26.7 Å². The van der Waals surface area contributed by atoms with Crippen LogP contribution in [0.4, 0.5) is 5.69 Å². The van der Waals surface area contributed by atoms with Crippen LogP contribution in [0.15, 0.2) is 30.3 Å². The molecular formula is C16H25N3O. The second kappa shape index (κ2) is 6.86. The number of hydrogen-bond acceptors (Lipinski definition) is 3. The van der Waals surface area contributed by atoms with Crippen molar-refractivity contribution in [1.82, 2.24) is 4.90 Å². The van der Waals surface area contributed by atoms with Gasteiger partial charge in [0.2, 0.25) is 5.91 Å². The lowest BCUT2D eigenvalue weighted by molar-refractivity contribution is -0.120. The van der Waals surface area contributed by atoms with Gasteiger partial charge in [0.05, 0.1) is 6.54 Å². The third kappa shape index (κ3) is 3.58. The standard InChI is InChI=1S/C16H25N3O/c1-3-19(15-7-5-4-6-8-15)16(20)12-18-10-9-14(17)11-13(18)2/h4-8,13-14H,3,9-12,17H2,1-2H3. The Balaban J connectivity index is 1.99. The number of anilines is 1. The summed E-state index contributed by atoms with van der Waals surface area (Å²) in [5.41, 5.74) is 6.95. The smallest absolute Gasteiger partial charge is 0.241 e. The monoisotopic (exact) mass is 275 g/mol. The molecular weight excluding hydrogens is 250 g/mol. The lowest BCUT2D eigenvalue weighted by Gasteiger charge is -2.36. The highest BCUT2D eigenvalue weighted by molar-refractivity contribution is 5.94. The number of para-hydroxylation sites is 1. The molecule has 1 heterocycles. The number of likely N-dealkylation sites (tertiary alicyclic amines) is 1. The summed E-state index contributed by atoms with van der Waals surface area (Å²) in [6.07, 6.45) is 1.96. The van der Waals surface area contributed by atoms with Gasteiger partial charge in [-0.25, -0.2) is 0 Å². The Morgan fingerprint density at radius 2 is 2.10 bits per heavy atom. The summed E-state index contributed by atoms with van der Waals surface area (Å²) in [7, 11) is 0. The van der Waals surface area contributed by atoms with Gasteiger partial charge in [0.1, 0.15) is 0 Å². The zero-order valence-electron chi connectivity index (χ0n) is 12.5. The van der Waals surface area contributed by atoms with Crippen LogP contribution in [0.2, 0.25) is 0 Å². The van der Waals surface area contributed by atoms with E-state index in [-0.39, 0.29) is 11.9 Å². The number of rotatable bonds is 4. The topological polar surface area (TPSA) is 49.6 Å². The van der Waals surface area contributed by atoms with Crippen molar-refractivity contribution in [3.05, 3.63) is 30.3 Å². The molecule has 20 heavy (non-hydrogen) atoms. The molecule has 2 N–H and O–H groups in total. The third-order valence-electron chi connectivity index (χ3n) is 4.08. The number of carbonyl (C=O) groups is 1. The van der Waals surface area contributed by atoms with E-state index in [1.165, 1.54) is 0 Å². The minimum atomic E-state index is 0.168. The Bertz CT molecular complexity index is 435. The van der Waals surface area contributed by atoms with Gasteiger partial charge in [-0.2, -0.15) is 0 Å². The van der Waals surface area contributed by atoms with Crippen LogP contribution in [0, 0.1) is 0 Å². The summed E-state index contributed by atoms with van der Waals surface area (Å²) in [6, 6.07) is 10.5. The molecule has 4 nitrogen and oxygen atoms in total. The minimum Gasteiger partial charge on any atom is -0.328 e. The van der Waals surface area contributed by atoms with Gasteiger partial charge in [-0.15, -0.1) is 0 Å². The summed E-state index contributed by atoms with van der Waals surface area (Å²) in [6.45, 7) is 6.27. The minimum absolute atomic E-state index is 0.168. The van der Waals surface area contributed by atoms with Gasteiger partial charge in [-0.1, -0.05) is 18.2 Å². The number of nitrogens with two attached hydrogens (primary N) is 1. The maximum atomic E-state index is 12.5. The van der Waals surface area contributed by atoms with Gasteiger partial charge in [0.15, 0.2) is 0 Å². The fourth-order valence-corrected chi connectivity index (χ4v) is 2.86. The second-order valence-corrected chi connectivity index (χ2v) is 5.58. The van der Waals surface area contributed by atoms with Gasteiger partial charge in [-0.05, 0) is 38.8 Å². The molecule has 0 aromatic heterocycles. The summed E-state index contributed by atoms with van der Waals surface area (Å²) in [5, 5.41) is 0. The Morgan fingerprint density at radius 3 is 2.70 bits per heavy atom. The van der Waals surface area contributed by atoms with Gasteiger partial charge >= 0.3 is 0 Å². The van der Waals surface area contributed by atoms with E-state index in [1.54, 1.807) is 0 Å². The van der Waals surface area contributed by atoms with Crippen molar-refractivity contribution in [2.45, 2.75) is 38.8 Å².